The predicted molar refractivity (Wildman–Crippen MR) is 92.4 cm³/mol. The molecule has 0 bridgehead atoms. The smallest absolute Gasteiger partial charge is 0.224 e. The van der Waals surface area contributed by atoms with Crippen LogP contribution in [0.15, 0.2) is 42.6 Å². The molecule has 0 unspecified atom stereocenters. The molecule has 2 aromatic rings. The largest absolute Gasteiger partial charge is 0.357 e. The number of rotatable bonds is 5. The first-order valence-corrected chi connectivity index (χ1v) is 8.23. The number of hydrogen-bond donors (Lipinski definition) is 1. The van der Waals surface area contributed by atoms with Crippen LogP contribution in [0.3, 0.4) is 0 Å². The molecule has 1 amide bonds. The molecule has 0 spiro atoms. The third-order valence-electron chi connectivity index (χ3n) is 4.34. The lowest BCUT2D eigenvalue weighted by Gasteiger charge is -2.17. The number of aryl methyl sites for hydroxylation is 1. The zero-order valence-electron chi connectivity index (χ0n) is 13.6. The number of amides is 1. The molecule has 1 aromatic carbocycles. The summed E-state index contributed by atoms with van der Waals surface area (Å²) in [6.07, 6.45) is 4.73. The van der Waals surface area contributed by atoms with Crippen LogP contribution in [0.1, 0.15) is 29.5 Å². The van der Waals surface area contributed by atoms with Gasteiger partial charge in [0.15, 0.2) is 0 Å². The van der Waals surface area contributed by atoms with E-state index in [1.165, 1.54) is 12.8 Å². The molecule has 1 fully saturated rings. The zero-order chi connectivity index (χ0) is 16.1. The number of carbonyl (C=O) groups is 1. The highest BCUT2D eigenvalue weighted by atomic mass is 16.1. The second-order valence-corrected chi connectivity index (χ2v) is 6.10. The third kappa shape index (κ3) is 4.09. The standard InChI is InChI=1S/C19H23N3O/c1-15-6-2-3-7-17(15)13-19(23)21-14-16-8-9-20-18(12-16)22-10-4-5-11-22/h2-3,6-9,12H,4-5,10-11,13-14H2,1H3,(H,21,23). The maximum Gasteiger partial charge on any atom is 0.224 e. The molecule has 4 nitrogen and oxygen atoms in total. The minimum Gasteiger partial charge on any atom is -0.357 e. The van der Waals surface area contributed by atoms with Crippen molar-refractivity contribution in [2.24, 2.45) is 0 Å². The van der Waals surface area contributed by atoms with Crippen LogP contribution in [0, 0.1) is 6.92 Å². The summed E-state index contributed by atoms with van der Waals surface area (Å²) in [7, 11) is 0. The van der Waals surface area contributed by atoms with Gasteiger partial charge in [-0.05, 0) is 48.6 Å². The normalized spacial score (nSPS) is 14.0. The minimum atomic E-state index is 0.0545. The number of nitrogens with one attached hydrogen (secondary N) is 1. The molecule has 4 heteroatoms. The van der Waals surface area contributed by atoms with Crippen molar-refractivity contribution in [3.63, 3.8) is 0 Å². The predicted octanol–water partition coefficient (Wildman–Crippen LogP) is 2.85. The average Bonchev–Trinajstić information content (AvgIpc) is 3.10. The highest BCUT2D eigenvalue weighted by Crippen LogP contribution is 2.18. The number of nitrogens with zero attached hydrogens (tertiary/aromatic N) is 2. The number of pyridine rings is 1. The summed E-state index contributed by atoms with van der Waals surface area (Å²) in [5.74, 6) is 1.08. The van der Waals surface area contributed by atoms with Crippen molar-refractivity contribution in [3.8, 4) is 0 Å². The van der Waals surface area contributed by atoms with Crippen LogP contribution in [0.5, 0.6) is 0 Å². The van der Waals surface area contributed by atoms with Crippen molar-refractivity contribution in [2.75, 3.05) is 18.0 Å². The summed E-state index contributed by atoms with van der Waals surface area (Å²) in [5, 5.41) is 3.01. The molecule has 0 radical (unpaired) electrons. The van der Waals surface area contributed by atoms with Crippen LogP contribution in [-0.2, 0) is 17.8 Å². The Kier molecular flexibility index (Phi) is 4.91. The van der Waals surface area contributed by atoms with Gasteiger partial charge in [0.2, 0.25) is 5.91 Å². The van der Waals surface area contributed by atoms with Gasteiger partial charge in [-0.1, -0.05) is 24.3 Å². The van der Waals surface area contributed by atoms with Crippen LogP contribution in [-0.4, -0.2) is 24.0 Å². The molecule has 0 atom stereocenters. The van der Waals surface area contributed by atoms with Crippen LogP contribution in [0.4, 0.5) is 5.82 Å². The molecule has 1 aliphatic heterocycles. The van der Waals surface area contributed by atoms with E-state index in [-0.39, 0.29) is 5.91 Å². The molecule has 1 N–H and O–H groups in total. The van der Waals surface area contributed by atoms with E-state index in [1.54, 1.807) is 0 Å². The molecule has 3 rings (SSSR count). The van der Waals surface area contributed by atoms with Crippen LogP contribution in [0.25, 0.3) is 0 Å². The van der Waals surface area contributed by atoms with Gasteiger partial charge in [-0.3, -0.25) is 4.79 Å². The first-order valence-electron chi connectivity index (χ1n) is 8.23. The van der Waals surface area contributed by atoms with E-state index < -0.39 is 0 Å². The molecule has 0 saturated carbocycles. The fourth-order valence-electron chi connectivity index (χ4n) is 2.93. The molecule has 120 valence electrons. The average molecular weight is 309 g/mol. The summed E-state index contributed by atoms with van der Waals surface area (Å²) in [5.41, 5.74) is 3.33. The van der Waals surface area contributed by atoms with Gasteiger partial charge in [0.25, 0.3) is 0 Å². The highest BCUT2D eigenvalue weighted by Gasteiger charge is 2.13. The third-order valence-corrected chi connectivity index (χ3v) is 4.34. The van der Waals surface area contributed by atoms with Gasteiger partial charge >= 0.3 is 0 Å². The lowest BCUT2D eigenvalue weighted by Crippen LogP contribution is -2.25. The Morgan fingerprint density at radius 2 is 2.00 bits per heavy atom. The van der Waals surface area contributed by atoms with Gasteiger partial charge in [0.05, 0.1) is 6.42 Å². The van der Waals surface area contributed by atoms with Crippen molar-refractivity contribution < 1.29 is 4.79 Å². The number of anilines is 1. The monoisotopic (exact) mass is 309 g/mol. The molecule has 0 aliphatic carbocycles. The van der Waals surface area contributed by atoms with Gasteiger partial charge in [-0.15, -0.1) is 0 Å². The number of hydrogen-bond acceptors (Lipinski definition) is 3. The fraction of sp³-hybridized carbons (Fsp3) is 0.368. The summed E-state index contributed by atoms with van der Waals surface area (Å²) in [6, 6.07) is 12.1. The van der Waals surface area contributed by atoms with Crippen molar-refractivity contribution in [2.45, 2.75) is 32.7 Å². The Hall–Kier alpha value is -2.36. The van der Waals surface area contributed by atoms with E-state index in [9.17, 15) is 4.79 Å². The first-order chi connectivity index (χ1) is 11.2. The Balaban J connectivity index is 1.56. The van der Waals surface area contributed by atoms with Crippen molar-refractivity contribution in [1.29, 1.82) is 0 Å². The highest BCUT2D eigenvalue weighted by molar-refractivity contribution is 5.78. The quantitative estimate of drug-likeness (QED) is 0.924. The molecular formula is C19H23N3O. The van der Waals surface area contributed by atoms with E-state index in [0.29, 0.717) is 13.0 Å². The molecular weight excluding hydrogens is 286 g/mol. The topological polar surface area (TPSA) is 45.2 Å². The second-order valence-electron chi connectivity index (χ2n) is 6.10. The Morgan fingerprint density at radius 1 is 1.22 bits per heavy atom. The summed E-state index contributed by atoms with van der Waals surface area (Å²) < 4.78 is 0. The van der Waals surface area contributed by atoms with Gasteiger partial charge in [-0.2, -0.15) is 0 Å². The number of aromatic nitrogens is 1. The van der Waals surface area contributed by atoms with Crippen LogP contribution in [0.2, 0.25) is 0 Å². The summed E-state index contributed by atoms with van der Waals surface area (Å²) in [4.78, 5) is 18.9. The van der Waals surface area contributed by atoms with E-state index in [4.69, 9.17) is 0 Å². The van der Waals surface area contributed by atoms with E-state index in [2.05, 4.69) is 21.3 Å². The van der Waals surface area contributed by atoms with Gasteiger partial charge < -0.3 is 10.2 Å². The SMILES string of the molecule is Cc1ccccc1CC(=O)NCc1ccnc(N2CCCC2)c1. The van der Waals surface area contributed by atoms with Crippen LogP contribution >= 0.6 is 0 Å². The van der Waals surface area contributed by atoms with Crippen molar-refractivity contribution >= 4 is 11.7 Å². The van der Waals surface area contributed by atoms with Gasteiger partial charge in [0, 0.05) is 25.8 Å². The second kappa shape index (κ2) is 7.27. The lowest BCUT2D eigenvalue weighted by molar-refractivity contribution is -0.120. The summed E-state index contributed by atoms with van der Waals surface area (Å²) in [6.45, 7) is 4.74. The summed E-state index contributed by atoms with van der Waals surface area (Å²) >= 11 is 0. The first kappa shape index (κ1) is 15.5. The van der Waals surface area contributed by atoms with E-state index in [1.807, 2.05) is 43.5 Å². The minimum absolute atomic E-state index is 0.0545. The number of benzene rings is 1. The molecule has 1 saturated heterocycles. The van der Waals surface area contributed by atoms with E-state index >= 15 is 0 Å². The number of carbonyl (C=O) groups excluding carboxylic acids is 1. The van der Waals surface area contributed by atoms with Gasteiger partial charge in [-0.25, -0.2) is 4.98 Å². The molecule has 2 heterocycles. The molecule has 1 aromatic heterocycles. The lowest BCUT2D eigenvalue weighted by atomic mass is 10.1. The maximum atomic E-state index is 12.1. The van der Waals surface area contributed by atoms with E-state index in [0.717, 1.165) is 35.6 Å². The molecule has 23 heavy (non-hydrogen) atoms. The zero-order valence-corrected chi connectivity index (χ0v) is 13.6. The molecule has 1 aliphatic rings. The Morgan fingerprint density at radius 3 is 2.78 bits per heavy atom. The van der Waals surface area contributed by atoms with Crippen molar-refractivity contribution in [1.82, 2.24) is 10.3 Å². The Labute approximate surface area is 137 Å². The Bertz CT molecular complexity index is 678. The van der Waals surface area contributed by atoms with Crippen molar-refractivity contribution in [3.05, 3.63) is 59.3 Å². The van der Waals surface area contributed by atoms with Crippen LogP contribution < -0.4 is 10.2 Å². The fourth-order valence-corrected chi connectivity index (χ4v) is 2.93. The maximum absolute atomic E-state index is 12.1. The van der Waals surface area contributed by atoms with Gasteiger partial charge in [0.1, 0.15) is 5.82 Å².